The van der Waals surface area contributed by atoms with Gasteiger partial charge < -0.3 is 24.8 Å². The van der Waals surface area contributed by atoms with Gasteiger partial charge in [-0.15, -0.1) is 0 Å². The summed E-state index contributed by atoms with van der Waals surface area (Å²) in [6.45, 7) is 2.38. The molecule has 1 N–H and O–H groups in total. The van der Waals surface area contributed by atoms with Gasteiger partial charge in [-0.2, -0.15) is 0 Å². The van der Waals surface area contributed by atoms with Gasteiger partial charge in [0.2, 0.25) is 5.91 Å². The first-order valence-corrected chi connectivity index (χ1v) is 13.7. The molecule has 5 rings (SSSR count). The molecule has 9 nitrogen and oxygen atoms in total. The molecule has 9 heteroatoms. The number of likely N-dealkylation sites (tertiary alicyclic amines) is 1. The second-order valence-corrected chi connectivity index (χ2v) is 10.5. The molecule has 0 unspecified atom stereocenters. The van der Waals surface area contributed by atoms with E-state index >= 15 is 0 Å². The van der Waals surface area contributed by atoms with E-state index in [0.717, 1.165) is 11.3 Å². The van der Waals surface area contributed by atoms with Crippen LogP contribution in [0.2, 0.25) is 0 Å². The minimum absolute atomic E-state index is 0.0940. The van der Waals surface area contributed by atoms with Crippen molar-refractivity contribution >= 4 is 23.4 Å². The van der Waals surface area contributed by atoms with E-state index in [1.54, 1.807) is 34.3 Å². The highest BCUT2D eigenvalue weighted by molar-refractivity contribution is 5.96. The fraction of sp³-hybridized carbons (Fsp3) is 0.355. The summed E-state index contributed by atoms with van der Waals surface area (Å²) in [7, 11) is 3.88. The lowest BCUT2D eigenvalue weighted by atomic mass is 9.88. The van der Waals surface area contributed by atoms with Crippen LogP contribution in [0.1, 0.15) is 38.6 Å². The van der Waals surface area contributed by atoms with E-state index < -0.39 is 5.92 Å². The number of nitrogens with zero attached hydrogens (tertiary/aromatic N) is 4. The van der Waals surface area contributed by atoms with Gasteiger partial charge in [0.1, 0.15) is 5.75 Å². The summed E-state index contributed by atoms with van der Waals surface area (Å²) >= 11 is 0. The van der Waals surface area contributed by atoms with Gasteiger partial charge in [0, 0.05) is 81.9 Å². The topological polar surface area (TPSA) is 95.1 Å². The third kappa shape index (κ3) is 6.09. The monoisotopic (exact) mass is 541 g/mol. The standard InChI is InChI=1S/C31H35N5O4/c1-34(2)25-8-3-7-24(18-25)31(39)36-20-27-23-6-4-9-26(19-23)40-17-5-15-35(16-14-33-29(37)28(27)21-36)30(38)22-10-12-32-13-11-22/h3-4,6-13,18-19,27-28H,5,14-17,20-21H2,1-2H3,(H,33,37)/t27-,28+/m1/s1. The lowest BCUT2D eigenvalue weighted by molar-refractivity contribution is -0.125. The summed E-state index contributed by atoms with van der Waals surface area (Å²) in [5.74, 6) is -0.221. The number of fused-ring (bicyclic) bond motifs is 4. The molecular weight excluding hydrogens is 506 g/mol. The molecule has 3 heterocycles. The van der Waals surface area contributed by atoms with Crippen molar-refractivity contribution in [3.63, 3.8) is 0 Å². The van der Waals surface area contributed by atoms with E-state index in [2.05, 4.69) is 10.3 Å². The normalized spacial score (nSPS) is 19.6. The Bertz CT molecular complexity index is 1360. The Labute approximate surface area is 234 Å². The Morgan fingerprint density at radius 2 is 1.65 bits per heavy atom. The summed E-state index contributed by atoms with van der Waals surface area (Å²) < 4.78 is 6.05. The predicted octanol–water partition coefficient (Wildman–Crippen LogP) is 3.04. The molecule has 2 aliphatic heterocycles. The van der Waals surface area contributed by atoms with E-state index in [1.165, 1.54) is 0 Å². The molecule has 208 valence electrons. The fourth-order valence-corrected chi connectivity index (χ4v) is 5.39. The van der Waals surface area contributed by atoms with Gasteiger partial charge >= 0.3 is 0 Å². The molecule has 2 bridgehead atoms. The Balaban J connectivity index is 1.38. The van der Waals surface area contributed by atoms with Crippen LogP contribution in [0, 0.1) is 5.92 Å². The maximum Gasteiger partial charge on any atom is 0.254 e. The second-order valence-electron chi connectivity index (χ2n) is 10.5. The van der Waals surface area contributed by atoms with Gasteiger partial charge in [-0.25, -0.2) is 0 Å². The minimum Gasteiger partial charge on any atom is -0.494 e. The summed E-state index contributed by atoms with van der Waals surface area (Å²) in [5.41, 5.74) is 3.07. The molecule has 2 aromatic carbocycles. The lowest BCUT2D eigenvalue weighted by Gasteiger charge is -2.25. The van der Waals surface area contributed by atoms with Crippen LogP contribution in [0.25, 0.3) is 0 Å². The number of pyridine rings is 1. The summed E-state index contributed by atoms with van der Waals surface area (Å²) in [6.07, 6.45) is 3.84. The molecule has 0 radical (unpaired) electrons. The van der Waals surface area contributed by atoms with Crippen molar-refractivity contribution in [1.82, 2.24) is 20.1 Å². The number of benzene rings is 2. The first-order chi connectivity index (χ1) is 19.4. The zero-order chi connectivity index (χ0) is 28.1. The van der Waals surface area contributed by atoms with Gasteiger partial charge in [-0.05, 0) is 54.4 Å². The Hall–Kier alpha value is -4.40. The molecule has 1 fully saturated rings. The second kappa shape index (κ2) is 12.2. The number of amides is 3. The highest BCUT2D eigenvalue weighted by atomic mass is 16.5. The third-order valence-electron chi connectivity index (χ3n) is 7.58. The largest absolute Gasteiger partial charge is 0.494 e. The minimum atomic E-state index is -0.427. The number of anilines is 1. The van der Waals surface area contributed by atoms with Crippen LogP contribution in [0.3, 0.4) is 0 Å². The molecule has 0 saturated carbocycles. The molecule has 40 heavy (non-hydrogen) atoms. The SMILES string of the molecule is CN(C)c1cccc(C(=O)N2C[C@@H]3C(=O)NCCN(C(=O)c4ccncc4)CCCOc4cccc(c4)[C@H]3C2)c1. The summed E-state index contributed by atoms with van der Waals surface area (Å²) in [6, 6.07) is 18.7. The maximum atomic E-state index is 13.6. The zero-order valence-corrected chi connectivity index (χ0v) is 23.0. The number of carbonyl (C=O) groups excluding carboxylic acids is 3. The molecule has 0 aliphatic carbocycles. The number of ether oxygens (including phenoxy) is 1. The Morgan fingerprint density at radius 3 is 2.45 bits per heavy atom. The third-order valence-corrected chi connectivity index (χ3v) is 7.58. The van der Waals surface area contributed by atoms with E-state index in [4.69, 9.17) is 4.74 Å². The molecule has 3 amide bonds. The van der Waals surface area contributed by atoms with Crippen LogP contribution in [0.4, 0.5) is 5.69 Å². The number of hydrogen-bond acceptors (Lipinski definition) is 6. The van der Waals surface area contributed by atoms with Crippen molar-refractivity contribution in [2.45, 2.75) is 12.3 Å². The smallest absolute Gasteiger partial charge is 0.254 e. The van der Waals surface area contributed by atoms with Gasteiger partial charge in [0.25, 0.3) is 11.8 Å². The number of carbonyl (C=O) groups is 3. The molecule has 0 spiro atoms. The molecular formula is C31H35N5O4. The molecule has 2 aliphatic rings. The molecule has 2 atom stereocenters. The highest BCUT2D eigenvalue weighted by Crippen LogP contribution is 2.35. The van der Waals surface area contributed by atoms with Gasteiger partial charge in [-0.1, -0.05) is 18.2 Å². The van der Waals surface area contributed by atoms with Crippen LogP contribution < -0.4 is 15.0 Å². The van der Waals surface area contributed by atoms with Crippen molar-refractivity contribution < 1.29 is 19.1 Å². The zero-order valence-electron chi connectivity index (χ0n) is 23.0. The van der Waals surface area contributed by atoms with Gasteiger partial charge in [0.15, 0.2) is 0 Å². The lowest BCUT2D eigenvalue weighted by Crippen LogP contribution is -2.42. The fourth-order valence-electron chi connectivity index (χ4n) is 5.39. The summed E-state index contributed by atoms with van der Waals surface area (Å²) in [5, 5.41) is 3.05. The van der Waals surface area contributed by atoms with Crippen LogP contribution in [-0.4, -0.2) is 85.9 Å². The van der Waals surface area contributed by atoms with Crippen LogP contribution in [-0.2, 0) is 4.79 Å². The van der Waals surface area contributed by atoms with E-state index in [-0.39, 0.29) is 23.6 Å². The average Bonchev–Trinajstić information content (AvgIpc) is 3.43. The van der Waals surface area contributed by atoms with Crippen molar-refractivity contribution in [3.8, 4) is 5.75 Å². The molecule has 1 saturated heterocycles. The van der Waals surface area contributed by atoms with Crippen LogP contribution in [0.15, 0.2) is 73.1 Å². The van der Waals surface area contributed by atoms with E-state index in [1.807, 2.05) is 67.5 Å². The number of hydrogen-bond donors (Lipinski definition) is 1. The van der Waals surface area contributed by atoms with Gasteiger partial charge in [-0.3, -0.25) is 19.4 Å². The van der Waals surface area contributed by atoms with E-state index in [9.17, 15) is 14.4 Å². The van der Waals surface area contributed by atoms with Crippen molar-refractivity contribution in [2.24, 2.45) is 5.92 Å². The number of aromatic nitrogens is 1. The van der Waals surface area contributed by atoms with Crippen molar-refractivity contribution in [1.29, 1.82) is 0 Å². The summed E-state index contributed by atoms with van der Waals surface area (Å²) in [4.78, 5) is 49.7. The Kier molecular flexibility index (Phi) is 8.28. The first-order valence-electron chi connectivity index (χ1n) is 13.7. The van der Waals surface area contributed by atoms with E-state index in [0.29, 0.717) is 62.6 Å². The molecule has 1 aromatic heterocycles. The maximum absolute atomic E-state index is 13.6. The van der Waals surface area contributed by atoms with Crippen LogP contribution >= 0.6 is 0 Å². The number of rotatable bonds is 3. The molecule has 3 aromatic rings. The quantitative estimate of drug-likeness (QED) is 0.548. The predicted molar refractivity (Wildman–Crippen MR) is 153 cm³/mol. The first kappa shape index (κ1) is 27.2. The average molecular weight is 542 g/mol. The van der Waals surface area contributed by atoms with Crippen molar-refractivity contribution in [2.75, 3.05) is 58.3 Å². The number of nitrogens with one attached hydrogen (secondary N) is 1. The Morgan fingerprint density at radius 1 is 0.900 bits per heavy atom. The van der Waals surface area contributed by atoms with Crippen molar-refractivity contribution in [3.05, 3.63) is 89.7 Å². The van der Waals surface area contributed by atoms with Gasteiger partial charge in [0.05, 0.1) is 12.5 Å². The van der Waals surface area contributed by atoms with Crippen LogP contribution in [0.5, 0.6) is 5.75 Å². The highest BCUT2D eigenvalue weighted by Gasteiger charge is 2.40.